The van der Waals surface area contributed by atoms with Gasteiger partial charge in [-0.15, -0.1) is 0 Å². The van der Waals surface area contributed by atoms with Gasteiger partial charge in [0, 0.05) is 38.0 Å². The van der Waals surface area contributed by atoms with Crippen LogP contribution in [0.25, 0.3) is 0 Å². The highest BCUT2D eigenvalue weighted by molar-refractivity contribution is 5.78. The lowest BCUT2D eigenvalue weighted by Crippen LogP contribution is -2.42. The number of hydrogen-bond donors (Lipinski definition) is 1. The lowest BCUT2D eigenvalue weighted by Gasteiger charge is -2.29. The third-order valence-electron chi connectivity index (χ3n) is 6.40. The maximum Gasteiger partial charge on any atom is 0.224 e. The minimum atomic E-state index is -0.300. The Kier molecular flexibility index (Phi) is 5.08. The van der Waals surface area contributed by atoms with Crippen LogP contribution in [0.3, 0.4) is 0 Å². The molecule has 3 aliphatic heterocycles. The predicted molar refractivity (Wildman–Crippen MR) is 103 cm³/mol. The second-order valence-corrected chi connectivity index (χ2v) is 8.62. The fraction of sp³-hybridized carbons (Fsp3) is 0.591. The van der Waals surface area contributed by atoms with Gasteiger partial charge in [0.1, 0.15) is 5.82 Å². The lowest BCUT2D eigenvalue weighted by atomic mass is 9.73. The van der Waals surface area contributed by atoms with Crippen molar-refractivity contribution in [3.63, 3.8) is 0 Å². The summed E-state index contributed by atoms with van der Waals surface area (Å²) in [5.41, 5.74) is 2.05. The van der Waals surface area contributed by atoms with E-state index in [2.05, 4.69) is 30.1 Å². The summed E-state index contributed by atoms with van der Waals surface area (Å²) in [5.74, 6) is 0.533. The minimum absolute atomic E-state index is 0.00188. The van der Waals surface area contributed by atoms with Crippen LogP contribution in [0.5, 0.6) is 0 Å². The van der Waals surface area contributed by atoms with Gasteiger partial charge in [0.15, 0.2) is 0 Å². The number of nitrogens with zero attached hydrogens (tertiary/aromatic N) is 1. The Hall–Kier alpha value is -1.72. The van der Waals surface area contributed by atoms with E-state index in [1.807, 2.05) is 0 Å². The van der Waals surface area contributed by atoms with Gasteiger partial charge in [0.05, 0.1) is 18.1 Å². The van der Waals surface area contributed by atoms with Gasteiger partial charge in [-0.2, -0.15) is 0 Å². The number of halogens is 1. The van der Waals surface area contributed by atoms with Crippen molar-refractivity contribution >= 4 is 5.91 Å². The molecule has 5 heteroatoms. The molecule has 0 aliphatic carbocycles. The summed E-state index contributed by atoms with van der Waals surface area (Å²) in [6, 6.07) is 6.25. The number of benzene rings is 1. The maximum atomic E-state index is 13.3. The predicted octanol–water partition coefficient (Wildman–Crippen LogP) is 2.93. The van der Waals surface area contributed by atoms with Gasteiger partial charge >= 0.3 is 0 Å². The van der Waals surface area contributed by atoms with E-state index >= 15 is 0 Å². The van der Waals surface area contributed by atoms with E-state index in [0.29, 0.717) is 23.9 Å². The van der Waals surface area contributed by atoms with Crippen molar-refractivity contribution < 1.29 is 13.9 Å². The molecule has 3 saturated heterocycles. The molecule has 1 aromatic carbocycles. The topological polar surface area (TPSA) is 41.6 Å². The standard InChI is InChI=1S/C22H29FN2O2/c1-15(2)7-9-25-13-19-18(20-6-8-22(19,14-25)27-20)12-24-21(26)11-16-4-3-5-17(23)10-16/h3-5,7,10,18-20H,6,8-9,11-14H2,1-2H3,(H,24,26)/t18-,19+,20+,22+/m0/s1. The van der Waals surface area contributed by atoms with E-state index in [9.17, 15) is 9.18 Å². The molecular formula is C22H29FN2O2. The number of allylic oxidation sites excluding steroid dienone is 1. The molecule has 4 nitrogen and oxygen atoms in total. The Labute approximate surface area is 160 Å². The maximum absolute atomic E-state index is 13.3. The Balaban J connectivity index is 1.34. The number of ether oxygens (including phenoxy) is 1. The molecule has 0 radical (unpaired) electrons. The Bertz CT molecular complexity index is 746. The average molecular weight is 372 g/mol. The van der Waals surface area contributed by atoms with Crippen LogP contribution in [0.1, 0.15) is 32.3 Å². The zero-order valence-corrected chi connectivity index (χ0v) is 16.2. The summed E-state index contributed by atoms with van der Waals surface area (Å²) in [6.07, 6.45) is 5.01. The lowest BCUT2D eigenvalue weighted by molar-refractivity contribution is -0.120. The van der Waals surface area contributed by atoms with Crippen molar-refractivity contribution in [2.24, 2.45) is 11.8 Å². The van der Waals surface area contributed by atoms with Gasteiger partial charge < -0.3 is 10.1 Å². The first-order valence-electron chi connectivity index (χ1n) is 10.00. The highest BCUT2D eigenvalue weighted by Crippen LogP contribution is 2.54. The molecule has 3 heterocycles. The number of rotatable bonds is 6. The van der Waals surface area contributed by atoms with Gasteiger partial charge in [-0.05, 0) is 44.4 Å². The first kappa shape index (κ1) is 18.6. The van der Waals surface area contributed by atoms with Crippen LogP contribution in [0.4, 0.5) is 4.39 Å². The number of likely N-dealkylation sites (tertiary alicyclic amines) is 1. The van der Waals surface area contributed by atoms with Crippen molar-refractivity contribution in [2.45, 2.75) is 44.8 Å². The second-order valence-electron chi connectivity index (χ2n) is 8.62. The van der Waals surface area contributed by atoms with E-state index in [0.717, 1.165) is 32.5 Å². The van der Waals surface area contributed by atoms with Crippen LogP contribution >= 0.6 is 0 Å². The van der Waals surface area contributed by atoms with Gasteiger partial charge in [-0.3, -0.25) is 9.69 Å². The van der Waals surface area contributed by atoms with Crippen molar-refractivity contribution in [2.75, 3.05) is 26.2 Å². The molecule has 0 unspecified atom stereocenters. The molecule has 3 aliphatic rings. The Morgan fingerprint density at radius 1 is 1.44 bits per heavy atom. The van der Waals surface area contributed by atoms with Gasteiger partial charge in [0.2, 0.25) is 5.91 Å². The van der Waals surface area contributed by atoms with Crippen LogP contribution in [-0.4, -0.2) is 48.7 Å². The number of fused-ring (bicyclic) bond motifs is 1. The molecule has 2 bridgehead atoms. The zero-order valence-electron chi connectivity index (χ0n) is 16.2. The summed E-state index contributed by atoms with van der Waals surface area (Å²) in [7, 11) is 0. The molecular weight excluding hydrogens is 343 g/mol. The molecule has 4 atom stereocenters. The van der Waals surface area contributed by atoms with Crippen LogP contribution < -0.4 is 5.32 Å². The van der Waals surface area contributed by atoms with Crippen LogP contribution in [0.2, 0.25) is 0 Å². The first-order valence-corrected chi connectivity index (χ1v) is 10.00. The first-order chi connectivity index (χ1) is 12.9. The Morgan fingerprint density at radius 3 is 3.07 bits per heavy atom. The molecule has 146 valence electrons. The molecule has 1 spiro atoms. The molecule has 27 heavy (non-hydrogen) atoms. The Morgan fingerprint density at radius 2 is 2.30 bits per heavy atom. The van der Waals surface area contributed by atoms with Gasteiger partial charge in [-0.1, -0.05) is 23.8 Å². The quantitative estimate of drug-likeness (QED) is 0.781. The van der Waals surface area contributed by atoms with E-state index in [1.54, 1.807) is 12.1 Å². The molecule has 0 aromatic heterocycles. The van der Waals surface area contributed by atoms with Crippen LogP contribution in [-0.2, 0) is 16.0 Å². The summed E-state index contributed by atoms with van der Waals surface area (Å²) in [4.78, 5) is 14.8. The number of hydrogen-bond acceptors (Lipinski definition) is 3. The molecule has 1 aromatic rings. The zero-order chi connectivity index (χ0) is 19.0. The third kappa shape index (κ3) is 3.81. The molecule has 4 rings (SSSR count). The number of amides is 1. The van der Waals surface area contributed by atoms with Crippen molar-refractivity contribution in [1.82, 2.24) is 10.2 Å². The van der Waals surface area contributed by atoms with Crippen LogP contribution in [0.15, 0.2) is 35.9 Å². The largest absolute Gasteiger partial charge is 0.370 e. The van der Waals surface area contributed by atoms with Crippen molar-refractivity contribution in [3.8, 4) is 0 Å². The fourth-order valence-corrected chi connectivity index (χ4v) is 5.14. The fourth-order valence-electron chi connectivity index (χ4n) is 5.14. The normalized spacial score (nSPS) is 31.7. The average Bonchev–Trinajstić information content (AvgIpc) is 3.26. The minimum Gasteiger partial charge on any atom is -0.370 e. The van der Waals surface area contributed by atoms with Crippen molar-refractivity contribution in [1.29, 1.82) is 0 Å². The van der Waals surface area contributed by atoms with E-state index < -0.39 is 0 Å². The SMILES string of the molecule is CC(C)=CCN1C[C@@H]2[C@H](CNC(=O)Cc3cccc(F)c3)[C@H]3CC[C@]2(C1)O3. The van der Waals surface area contributed by atoms with Gasteiger partial charge in [-0.25, -0.2) is 4.39 Å². The van der Waals surface area contributed by atoms with Gasteiger partial charge in [0.25, 0.3) is 0 Å². The summed E-state index contributed by atoms with van der Waals surface area (Å²) < 4.78 is 19.7. The smallest absolute Gasteiger partial charge is 0.224 e. The summed E-state index contributed by atoms with van der Waals surface area (Å²) >= 11 is 0. The number of nitrogens with one attached hydrogen (secondary N) is 1. The molecule has 3 fully saturated rings. The second kappa shape index (κ2) is 7.36. The van der Waals surface area contributed by atoms with Crippen LogP contribution in [0, 0.1) is 17.7 Å². The van der Waals surface area contributed by atoms with E-state index in [4.69, 9.17) is 4.74 Å². The summed E-state index contributed by atoms with van der Waals surface area (Å²) in [5, 5.41) is 3.08. The third-order valence-corrected chi connectivity index (χ3v) is 6.40. The van der Waals surface area contributed by atoms with Crippen molar-refractivity contribution in [3.05, 3.63) is 47.3 Å². The van der Waals surface area contributed by atoms with E-state index in [-0.39, 0.29) is 29.9 Å². The van der Waals surface area contributed by atoms with E-state index in [1.165, 1.54) is 17.7 Å². The molecule has 1 N–H and O–H groups in total. The highest BCUT2D eigenvalue weighted by Gasteiger charge is 2.62. The molecule has 0 saturated carbocycles. The summed E-state index contributed by atoms with van der Waals surface area (Å²) in [6.45, 7) is 7.95. The monoisotopic (exact) mass is 372 g/mol. The molecule has 1 amide bonds. The number of carbonyl (C=O) groups excluding carboxylic acids is 1. The number of carbonyl (C=O) groups is 1. The highest BCUT2D eigenvalue weighted by atomic mass is 19.1.